The lowest BCUT2D eigenvalue weighted by molar-refractivity contribution is -0.133. The number of rotatable bonds is 2. The predicted molar refractivity (Wildman–Crippen MR) is 76.6 cm³/mol. The van der Waals surface area contributed by atoms with E-state index in [0.717, 1.165) is 5.92 Å². The molecule has 19 heavy (non-hydrogen) atoms. The summed E-state index contributed by atoms with van der Waals surface area (Å²) in [6, 6.07) is 0.539. The summed E-state index contributed by atoms with van der Waals surface area (Å²) < 4.78 is 0. The van der Waals surface area contributed by atoms with Crippen LogP contribution in [0.25, 0.3) is 0 Å². The molecule has 2 atom stereocenters. The van der Waals surface area contributed by atoms with Gasteiger partial charge in [0, 0.05) is 6.04 Å². The number of nitrogens with zero attached hydrogens (tertiary/aromatic N) is 1. The molecule has 3 aliphatic rings. The van der Waals surface area contributed by atoms with Crippen molar-refractivity contribution in [1.82, 2.24) is 10.2 Å². The Balaban J connectivity index is 1.73. The lowest BCUT2D eigenvalue weighted by Crippen LogP contribution is -2.49. The van der Waals surface area contributed by atoms with Crippen LogP contribution in [0.4, 0.5) is 0 Å². The first-order chi connectivity index (χ1) is 9.16. The number of carbonyl (C=O) groups excluding carboxylic acids is 1. The van der Waals surface area contributed by atoms with Crippen molar-refractivity contribution in [3.8, 4) is 0 Å². The molecule has 0 aromatic carbocycles. The molecule has 1 N–H and O–H groups in total. The van der Waals surface area contributed by atoms with E-state index in [9.17, 15) is 4.79 Å². The third-order valence-corrected chi connectivity index (χ3v) is 5.57. The van der Waals surface area contributed by atoms with Crippen molar-refractivity contribution in [3.05, 3.63) is 0 Å². The molecule has 2 aliphatic carbocycles. The molecule has 0 radical (unpaired) electrons. The molecule has 0 bridgehead atoms. The molecular formula is C16H28N2O. The Labute approximate surface area is 117 Å². The highest BCUT2D eigenvalue weighted by atomic mass is 16.2. The fourth-order valence-corrected chi connectivity index (χ4v) is 4.33. The number of hydrogen-bond donors (Lipinski definition) is 1. The molecule has 1 heterocycles. The molecule has 2 saturated carbocycles. The van der Waals surface area contributed by atoms with E-state index in [0.29, 0.717) is 24.0 Å². The Bertz CT molecular complexity index is 330. The summed E-state index contributed by atoms with van der Waals surface area (Å²) in [4.78, 5) is 14.8. The molecule has 3 heteroatoms. The van der Waals surface area contributed by atoms with Crippen LogP contribution in [-0.2, 0) is 4.79 Å². The highest BCUT2D eigenvalue weighted by Gasteiger charge is 2.44. The fourth-order valence-electron chi connectivity index (χ4n) is 4.33. The van der Waals surface area contributed by atoms with Crippen LogP contribution in [0.2, 0.25) is 0 Å². The highest BCUT2D eigenvalue weighted by Crippen LogP contribution is 2.36. The minimum atomic E-state index is 0.0324. The Morgan fingerprint density at radius 1 is 1.00 bits per heavy atom. The summed E-state index contributed by atoms with van der Waals surface area (Å²) in [7, 11) is 0. The van der Waals surface area contributed by atoms with Crippen LogP contribution in [0.1, 0.15) is 65.2 Å². The summed E-state index contributed by atoms with van der Waals surface area (Å²) >= 11 is 0. The molecule has 1 saturated heterocycles. The van der Waals surface area contributed by atoms with E-state index in [1.54, 1.807) is 0 Å². The lowest BCUT2D eigenvalue weighted by Gasteiger charge is -2.39. The van der Waals surface area contributed by atoms with Gasteiger partial charge in [-0.3, -0.25) is 10.1 Å². The van der Waals surface area contributed by atoms with Crippen LogP contribution in [-0.4, -0.2) is 29.1 Å². The standard InChI is InChI=1S/C16H28N2O/c1-11-7-9-14(10-8-11)18-15(13-5-3-4-6-13)17-12(2)16(18)19/h11-15,17H,3-10H2,1-2H3. The van der Waals surface area contributed by atoms with Crippen LogP contribution in [0.3, 0.4) is 0 Å². The van der Waals surface area contributed by atoms with Crippen molar-refractivity contribution in [2.45, 2.75) is 83.5 Å². The summed E-state index contributed by atoms with van der Waals surface area (Å²) in [5.41, 5.74) is 0. The summed E-state index contributed by atoms with van der Waals surface area (Å²) in [5.74, 6) is 1.91. The number of carbonyl (C=O) groups is 1. The van der Waals surface area contributed by atoms with E-state index >= 15 is 0 Å². The smallest absolute Gasteiger partial charge is 0.240 e. The van der Waals surface area contributed by atoms with Gasteiger partial charge in [-0.05, 0) is 57.3 Å². The van der Waals surface area contributed by atoms with Crippen LogP contribution in [0, 0.1) is 11.8 Å². The molecule has 1 amide bonds. The maximum Gasteiger partial charge on any atom is 0.240 e. The SMILES string of the molecule is CC1CCC(N2C(=O)C(C)NC2C2CCCC2)CC1. The molecule has 108 valence electrons. The van der Waals surface area contributed by atoms with E-state index in [2.05, 4.69) is 17.1 Å². The van der Waals surface area contributed by atoms with Gasteiger partial charge in [0.25, 0.3) is 0 Å². The molecule has 0 aromatic heterocycles. The third-order valence-electron chi connectivity index (χ3n) is 5.57. The molecule has 3 nitrogen and oxygen atoms in total. The second-order valence-electron chi connectivity index (χ2n) is 7.04. The van der Waals surface area contributed by atoms with Gasteiger partial charge in [0.05, 0.1) is 12.2 Å². The topological polar surface area (TPSA) is 32.3 Å². The molecular weight excluding hydrogens is 236 g/mol. The second kappa shape index (κ2) is 5.43. The van der Waals surface area contributed by atoms with Crippen LogP contribution < -0.4 is 5.32 Å². The average molecular weight is 264 g/mol. The number of amides is 1. The van der Waals surface area contributed by atoms with Gasteiger partial charge in [0.15, 0.2) is 0 Å². The van der Waals surface area contributed by atoms with Crippen LogP contribution in [0.15, 0.2) is 0 Å². The lowest BCUT2D eigenvalue weighted by atomic mass is 9.86. The van der Waals surface area contributed by atoms with Gasteiger partial charge in [-0.25, -0.2) is 0 Å². The van der Waals surface area contributed by atoms with Gasteiger partial charge in [-0.1, -0.05) is 19.8 Å². The van der Waals surface area contributed by atoms with Gasteiger partial charge in [0.2, 0.25) is 5.91 Å². The van der Waals surface area contributed by atoms with E-state index in [1.165, 1.54) is 51.4 Å². The largest absolute Gasteiger partial charge is 0.323 e. The fraction of sp³-hybridized carbons (Fsp3) is 0.938. The summed E-state index contributed by atoms with van der Waals surface area (Å²) in [6.07, 6.45) is 10.6. The maximum absolute atomic E-state index is 12.5. The molecule has 0 spiro atoms. The Morgan fingerprint density at radius 3 is 2.26 bits per heavy atom. The van der Waals surface area contributed by atoms with Crippen LogP contribution in [0.5, 0.6) is 0 Å². The summed E-state index contributed by atoms with van der Waals surface area (Å²) in [6.45, 7) is 4.38. The van der Waals surface area contributed by atoms with Crippen LogP contribution >= 0.6 is 0 Å². The van der Waals surface area contributed by atoms with Gasteiger partial charge >= 0.3 is 0 Å². The van der Waals surface area contributed by atoms with Gasteiger partial charge in [0.1, 0.15) is 0 Å². The molecule has 3 fully saturated rings. The first kappa shape index (κ1) is 13.4. The first-order valence-corrected chi connectivity index (χ1v) is 8.25. The van der Waals surface area contributed by atoms with E-state index in [-0.39, 0.29) is 6.04 Å². The number of nitrogens with one attached hydrogen (secondary N) is 1. The normalized spacial score (nSPS) is 41.2. The molecule has 2 unspecified atom stereocenters. The zero-order valence-electron chi connectivity index (χ0n) is 12.4. The maximum atomic E-state index is 12.5. The monoisotopic (exact) mass is 264 g/mol. The summed E-state index contributed by atoms with van der Waals surface area (Å²) in [5, 5.41) is 3.58. The van der Waals surface area contributed by atoms with Crippen molar-refractivity contribution >= 4 is 5.91 Å². The van der Waals surface area contributed by atoms with Gasteiger partial charge in [-0.15, -0.1) is 0 Å². The third kappa shape index (κ3) is 2.54. The van der Waals surface area contributed by atoms with Crippen molar-refractivity contribution in [3.63, 3.8) is 0 Å². The van der Waals surface area contributed by atoms with E-state index < -0.39 is 0 Å². The van der Waals surface area contributed by atoms with Crippen molar-refractivity contribution in [2.75, 3.05) is 0 Å². The Morgan fingerprint density at radius 2 is 1.63 bits per heavy atom. The van der Waals surface area contributed by atoms with Crippen molar-refractivity contribution in [2.24, 2.45) is 11.8 Å². The molecule has 1 aliphatic heterocycles. The zero-order valence-corrected chi connectivity index (χ0v) is 12.4. The minimum absolute atomic E-state index is 0.0324. The van der Waals surface area contributed by atoms with Crippen molar-refractivity contribution < 1.29 is 4.79 Å². The molecule has 3 rings (SSSR count). The second-order valence-corrected chi connectivity index (χ2v) is 7.04. The Hall–Kier alpha value is -0.570. The Kier molecular flexibility index (Phi) is 3.84. The van der Waals surface area contributed by atoms with Crippen molar-refractivity contribution in [1.29, 1.82) is 0 Å². The zero-order chi connectivity index (χ0) is 13.4. The first-order valence-electron chi connectivity index (χ1n) is 8.25. The van der Waals surface area contributed by atoms with Gasteiger partial charge in [-0.2, -0.15) is 0 Å². The number of hydrogen-bond acceptors (Lipinski definition) is 2. The predicted octanol–water partition coefficient (Wildman–Crippen LogP) is 2.90. The molecule has 0 aromatic rings. The van der Waals surface area contributed by atoms with E-state index in [4.69, 9.17) is 0 Å². The average Bonchev–Trinajstić information content (AvgIpc) is 3.01. The highest BCUT2D eigenvalue weighted by molar-refractivity contribution is 5.84. The minimum Gasteiger partial charge on any atom is -0.323 e. The van der Waals surface area contributed by atoms with Gasteiger partial charge < -0.3 is 4.90 Å². The van der Waals surface area contributed by atoms with E-state index in [1.807, 2.05) is 6.92 Å². The quantitative estimate of drug-likeness (QED) is 0.831.